The second kappa shape index (κ2) is 3.91. The lowest BCUT2D eigenvalue weighted by atomic mass is 10.1. The Bertz CT molecular complexity index is 385. The van der Waals surface area contributed by atoms with Gasteiger partial charge in [-0.25, -0.2) is 0 Å². The van der Waals surface area contributed by atoms with E-state index in [2.05, 4.69) is 0 Å². The summed E-state index contributed by atoms with van der Waals surface area (Å²) in [6, 6.07) is 4.54. The first-order valence-electron chi connectivity index (χ1n) is 4.09. The number of hydrogen-bond acceptors (Lipinski definition) is 4. The first kappa shape index (κ1) is 10.2. The summed E-state index contributed by atoms with van der Waals surface area (Å²) in [5, 5.41) is 0. The summed E-state index contributed by atoms with van der Waals surface area (Å²) in [6.45, 7) is 2.70. The number of Topliss-reactive ketones (excluding diaryl/α,β-unsaturated/α-hetero) is 1. The number of ether oxygens (including phenoxy) is 1. The molecule has 0 saturated heterocycles. The van der Waals surface area contributed by atoms with Gasteiger partial charge in [0.25, 0.3) is 0 Å². The van der Waals surface area contributed by atoms with Gasteiger partial charge in [0, 0.05) is 18.2 Å². The van der Waals surface area contributed by atoms with Crippen molar-refractivity contribution in [3.63, 3.8) is 0 Å². The maximum atomic E-state index is 11.1. The van der Waals surface area contributed by atoms with Crippen LogP contribution in [0.4, 0.5) is 5.69 Å². The standard InChI is InChI=1S/C10H11NO3/c1-6(12)9-5-8(14-7(2)13)3-4-10(9)11/h3-5H,11H2,1-2H3. The number of esters is 1. The molecule has 0 aromatic heterocycles. The third-order valence-electron chi connectivity index (χ3n) is 1.67. The number of ketones is 1. The zero-order valence-corrected chi connectivity index (χ0v) is 8.03. The molecule has 0 saturated carbocycles. The normalized spacial score (nSPS) is 9.57. The fourth-order valence-corrected chi connectivity index (χ4v) is 1.07. The van der Waals surface area contributed by atoms with E-state index < -0.39 is 5.97 Å². The van der Waals surface area contributed by atoms with Gasteiger partial charge in [0.15, 0.2) is 5.78 Å². The number of hydrogen-bond donors (Lipinski definition) is 1. The Morgan fingerprint density at radius 3 is 2.43 bits per heavy atom. The molecule has 0 fully saturated rings. The van der Waals surface area contributed by atoms with Crippen LogP contribution in [0, 0.1) is 0 Å². The lowest BCUT2D eigenvalue weighted by Crippen LogP contribution is -2.04. The summed E-state index contributed by atoms with van der Waals surface area (Å²) in [4.78, 5) is 21.7. The molecular weight excluding hydrogens is 182 g/mol. The molecule has 0 heterocycles. The van der Waals surface area contributed by atoms with Crippen LogP contribution in [0.2, 0.25) is 0 Å². The Labute approximate surface area is 81.7 Å². The first-order valence-corrected chi connectivity index (χ1v) is 4.09. The topological polar surface area (TPSA) is 69.4 Å². The lowest BCUT2D eigenvalue weighted by molar-refractivity contribution is -0.131. The van der Waals surface area contributed by atoms with Gasteiger partial charge in [-0.2, -0.15) is 0 Å². The molecule has 14 heavy (non-hydrogen) atoms. The summed E-state index contributed by atoms with van der Waals surface area (Å²) in [7, 11) is 0. The lowest BCUT2D eigenvalue weighted by Gasteiger charge is -2.05. The Balaban J connectivity index is 3.06. The fraction of sp³-hybridized carbons (Fsp3) is 0.200. The molecule has 0 amide bonds. The zero-order chi connectivity index (χ0) is 10.7. The molecule has 74 valence electrons. The molecule has 0 bridgehead atoms. The van der Waals surface area contributed by atoms with Crippen molar-refractivity contribution >= 4 is 17.4 Å². The molecule has 1 rings (SSSR count). The number of carbonyl (C=O) groups is 2. The van der Waals surface area contributed by atoms with E-state index in [1.807, 2.05) is 0 Å². The summed E-state index contributed by atoms with van der Waals surface area (Å²) in [5.41, 5.74) is 6.31. The number of benzene rings is 1. The molecule has 0 atom stereocenters. The molecule has 4 heteroatoms. The molecule has 0 spiro atoms. The van der Waals surface area contributed by atoms with Gasteiger partial charge >= 0.3 is 5.97 Å². The number of anilines is 1. The molecule has 0 unspecified atom stereocenters. The predicted molar refractivity (Wildman–Crippen MR) is 52.2 cm³/mol. The van der Waals surface area contributed by atoms with Crippen LogP contribution in [0.5, 0.6) is 5.75 Å². The van der Waals surface area contributed by atoms with E-state index in [0.717, 1.165) is 0 Å². The monoisotopic (exact) mass is 193 g/mol. The minimum absolute atomic E-state index is 0.156. The van der Waals surface area contributed by atoms with E-state index in [0.29, 0.717) is 17.0 Å². The van der Waals surface area contributed by atoms with Crippen LogP contribution in [0.15, 0.2) is 18.2 Å². The van der Waals surface area contributed by atoms with Crippen molar-refractivity contribution in [1.82, 2.24) is 0 Å². The Morgan fingerprint density at radius 1 is 1.29 bits per heavy atom. The number of rotatable bonds is 2. The molecule has 1 aromatic carbocycles. The summed E-state index contributed by atoms with van der Waals surface area (Å²) >= 11 is 0. The Kier molecular flexibility index (Phi) is 2.86. The Morgan fingerprint density at radius 2 is 1.93 bits per heavy atom. The quantitative estimate of drug-likeness (QED) is 0.333. The SMILES string of the molecule is CC(=O)Oc1ccc(N)c(C(C)=O)c1. The number of nitrogens with two attached hydrogens (primary N) is 1. The Hall–Kier alpha value is -1.84. The van der Waals surface area contributed by atoms with Crippen molar-refractivity contribution < 1.29 is 14.3 Å². The maximum absolute atomic E-state index is 11.1. The molecule has 0 radical (unpaired) electrons. The van der Waals surface area contributed by atoms with E-state index in [4.69, 9.17) is 10.5 Å². The maximum Gasteiger partial charge on any atom is 0.308 e. The van der Waals surface area contributed by atoms with Gasteiger partial charge in [0.05, 0.1) is 0 Å². The van der Waals surface area contributed by atoms with Crippen LogP contribution in [-0.4, -0.2) is 11.8 Å². The third-order valence-corrected chi connectivity index (χ3v) is 1.67. The second-order valence-electron chi connectivity index (χ2n) is 2.90. The minimum Gasteiger partial charge on any atom is -0.427 e. The largest absolute Gasteiger partial charge is 0.427 e. The van der Waals surface area contributed by atoms with E-state index >= 15 is 0 Å². The van der Waals surface area contributed by atoms with Gasteiger partial charge in [-0.3, -0.25) is 9.59 Å². The van der Waals surface area contributed by atoms with Crippen LogP contribution in [0.3, 0.4) is 0 Å². The molecule has 0 aliphatic heterocycles. The zero-order valence-electron chi connectivity index (χ0n) is 8.03. The van der Waals surface area contributed by atoms with Crippen molar-refractivity contribution in [2.75, 3.05) is 5.73 Å². The van der Waals surface area contributed by atoms with Crippen molar-refractivity contribution in [3.8, 4) is 5.75 Å². The van der Waals surface area contributed by atoms with Gasteiger partial charge in [-0.05, 0) is 25.1 Å². The highest BCUT2D eigenvalue weighted by atomic mass is 16.5. The first-order chi connectivity index (χ1) is 6.50. The summed E-state index contributed by atoms with van der Waals surface area (Å²) in [6.07, 6.45) is 0. The average molecular weight is 193 g/mol. The third kappa shape index (κ3) is 2.32. The van der Waals surface area contributed by atoms with Crippen LogP contribution in [0.1, 0.15) is 24.2 Å². The molecule has 2 N–H and O–H groups in total. The summed E-state index contributed by atoms with van der Waals surface area (Å²) in [5.74, 6) is -0.252. The molecular formula is C10H11NO3. The van der Waals surface area contributed by atoms with Crippen molar-refractivity contribution in [2.45, 2.75) is 13.8 Å². The second-order valence-corrected chi connectivity index (χ2v) is 2.90. The van der Waals surface area contributed by atoms with Gasteiger partial charge in [0.2, 0.25) is 0 Å². The smallest absolute Gasteiger partial charge is 0.308 e. The van der Waals surface area contributed by atoms with Crippen LogP contribution < -0.4 is 10.5 Å². The van der Waals surface area contributed by atoms with Crippen LogP contribution >= 0.6 is 0 Å². The molecule has 1 aromatic rings. The van der Waals surface area contributed by atoms with Crippen molar-refractivity contribution in [1.29, 1.82) is 0 Å². The number of nitrogen functional groups attached to an aromatic ring is 1. The molecule has 4 nitrogen and oxygen atoms in total. The van der Waals surface area contributed by atoms with Gasteiger partial charge in [-0.1, -0.05) is 0 Å². The van der Waals surface area contributed by atoms with E-state index in [9.17, 15) is 9.59 Å². The minimum atomic E-state index is -0.427. The molecule has 0 aliphatic rings. The van der Waals surface area contributed by atoms with E-state index in [-0.39, 0.29) is 5.78 Å². The van der Waals surface area contributed by atoms with Gasteiger partial charge < -0.3 is 10.5 Å². The van der Waals surface area contributed by atoms with Gasteiger partial charge in [0.1, 0.15) is 5.75 Å². The predicted octanol–water partition coefficient (Wildman–Crippen LogP) is 1.40. The van der Waals surface area contributed by atoms with Crippen LogP contribution in [-0.2, 0) is 4.79 Å². The van der Waals surface area contributed by atoms with E-state index in [1.165, 1.54) is 26.0 Å². The number of carbonyl (C=O) groups excluding carboxylic acids is 2. The van der Waals surface area contributed by atoms with E-state index in [1.54, 1.807) is 6.07 Å². The highest BCUT2D eigenvalue weighted by Gasteiger charge is 2.07. The molecule has 0 aliphatic carbocycles. The van der Waals surface area contributed by atoms with Crippen molar-refractivity contribution in [3.05, 3.63) is 23.8 Å². The fourth-order valence-electron chi connectivity index (χ4n) is 1.07. The van der Waals surface area contributed by atoms with Crippen molar-refractivity contribution in [2.24, 2.45) is 0 Å². The highest BCUT2D eigenvalue weighted by molar-refractivity contribution is 5.99. The van der Waals surface area contributed by atoms with Gasteiger partial charge in [-0.15, -0.1) is 0 Å². The highest BCUT2D eigenvalue weighted by Crippen LogP contribution is 2.20. The summed E-state index contributed by atoms with van der Waals surface area (Å²) < 4.78 is 4.81. The van der Waals surface area contributed by atoms with Crippen LogP contribution in [0.25, 0.3) is 0 Å². The average Bonchev–Trinajstić information content (AvgIpc) is 2.07.